The first kappa shape index (κ1) is 19.0. The molecule has 0 aliphatic heterocycles. The fraction of sp³-hybridized carbons (Fsp3) is 0.263. The molecule has 0 aliphatic rings. The van der Waals surface area contributed by atoms with Crippen molar-refractivity contribution in [1.29, 1.82) is 0 Å². The first-order chi connectivity index (χ1) is 12.1. The average molecular weight is 405 g/mol. The molecule has 6 heteroatoms. The van der Waals surface area contributed by atoms with Gasteiger partial charge < -0.3 is 4.74 Å². The smallest absolute Gasteiger partial charge is 0.276 e. The maximum Gasteiger partial charge on any atom is 0.276 e. The number of ether oxygens (including phenoxy) is 1. The van der Waals surface area contributed by atoms with Crippen LogP contribution in [0.1, 0.15) is 24.5 Å². The highest BCUT2D eigenvalue weighted by Gasteiger charge is 2.08. The molecule has 0 aliphatic carbocycles. The minimum Gasteiger partial charge on any atom is -0.483 e. The number of hydrogen-bond donors (Lipinski definition) is 2. The number of carbonyl (C=O) groups excluding carboxylic acids is 2. The third kappa shape index (κ3) is 6.58. The number of nitrogens with one attached hydrogen (secondary N) is 2. The van der Waals surface area contributed by atoms with E-state index >= 15 is 0 Å². The predicted molar refractivity (Wildman–Crippen MR) is 100 cm³/mol. The van der Waals surface area contributed by atoms with Gasteiger partial charge in [-0.3, -0.25) is 20.4 Å². The summed E-state index contributed by atoms with van der Waals surface area (Å²) in [6.45, 7) is 1.89. The van der Waals surface area contributed by atoms with Crippen molar-refractivity contribution in [3.05, 3.63) is 64.1 Å². The molecule has 0 atom stereocenters. The van der Waals surface area contributed by atoms with E-state index in [-0.39, 0.29) is 12.5 Å². The Balaban J connectivity index is 1.69. The van der Waals surface area contributed by atoms with E-state index in [1.54, 1.807) is 0 Å². The molecule has 0 saturated heterocycles. The Morgan fingerprint density at radius 2 is 1.72 bits per heavy atom. The van der Waals surface area contributed by atoms with Crippen LogP contribution in [-0.2, 0) is 22.4 Å². The van der Waals surface area contributed by atoms with E-state index in [1.165, 1.54) is 5.56 Å². The molecule has 0 radical (unpaired) electrons. The van der Waals surface area contributed by atoms with Gasteiger partial charge in [0.1, 0.15) is 5.75 Å². The van der Waals surface area contributed by atoms with Crippen LogP contribution < -0.4 is 15.6 Å². The lowest BCUT2D eigenvalue weighted by molar-refractivity contribution is -0.130. The number of carbonyl (C=O) groups is 2. The SMILES string of the molecule is CCc1ccc(OCC(=O)NNC(=O)CCc2ccccc2)c(Br)c1. The predicted octanol–water partition coefficient (Wildman–Crippen LogP) is 3.17. The van der Waals surface area contributed by atoms with Crippen molar-refractivity contribution in [2.24, 2.45) is 0 Å². The quantitative estimate of drug-likeness (QED) is 0.696. The van der Waals surface area contributed by atoms with Crippen molar-refractivity contribution < 1.29 is 14.3 Å². The normalized spacial score (nSPS) is 10.2. The molecule has 5 nitrogen and oxygen atoms in total. The van der Waals surface area contributed by atoms with Gasteiger partial charge in [0.2, 0.25) is 5.91 Å². The van der Waals surface area contributed by atoms with E-state index in [4.69, 9.17) is 4.74 Å². The summed E-state index contributed by atoms with van der Waals surface area (Å²) < 4.78 is 6.25. The number of amides is 2. The van der Waals surface area contributed by atoms with Gasteiger partial charge in [0.15, 0.2) is 6.61 Å². The molecule has 2 aromatic rings. The molecule has 2 amide bonds. The van der Waals surface area contributed by atoms with Gasteiger partial charge in [-0.25, -0.2) is 0 Å². The Bertz CT molecular complexity index is 720. The lowest BCUT2D eigenvalue weighted by atomic mass is 10.1. The van der Waals surface area contributed by atoms with Crippen LogP contribution in [0.4, 0.5) is 0 Å². The summed E-state index contributed by atoms with van der Waals surface area (Å²) in [5.41, 5.74) is 7.00. The molecule has 2 aromatic carbocycles. The zero-order valence-electron chi connectivity index (χ0n) is 14.0. The largest absolute Gasteiger partial charge is 0.483 e. The summed E-state index contributed by atoms with van der Waals surface area (Å²) >= 11 is 3.42. The Kier molecular flexibility index (Phi) is 7.47. The first-order valence-corrected chi connectivity index (χ1v) is 8.90. The van der Waals surface area contributed by atoms with Gasteiger partial charge in [-0.2, -0.15) is 0 Å². The van der Waals surface area contributed by atoms with E-state index in [1.807, 2.05) is 48.5 Å². The molecule has 132 valence electrons. The molecular weight excluding hydrogens is 384 g/mol. The Hall–Kier alpha value is -2.34. The van der Waals surface area contributed by atoms with Crippen LogP contribution in [0.25, 0.3) is 0 Å². The maximum absolute atomic E-state index is 11.8. The van der Waals surface area contributed by atoms with Gasteiger partial charge in [-0.1, -0.05) is 43.3 Å². The maximum atomic E-state index is 11.8. The van der Waals surface area contributed by atoms with Crippen LogP contribution in [0.5, 0.6) is 5.75 Å². The van der Waals surface area contributed by atoms with Crippen molar-refractivity contribution in [2.75, 3.05) is 6.61 Å². The first-order valence-electron chi connectivity index (χ1n) is 8.11. The van der Waals surface area contributed by atoms with E-state index < -0.39 is 5.91 Å². The summed E-state index contributed by atoms with van der Waals surface area (Å²) in [6, 6.07) is 15.4. The fourth-order valence-corrected chi connectivity index (χ4v) is 2.71. The lowest BCUT2D eigenvalue weighted by Gasteiger charge is -2.10. The number of rotatable bonds is 7. The highest BCUT2D eigenvalue weighted by Crippen LogP contribution is 2.26. The van der Waals surface area contributed by atoms with Gasteiger partial charge in [-0.05, 0) is 52.0 Å². The van der Waals surface area contributed by atoms with Gasteiger partial charge in [0.25, 0.3) is 5.91 Å². The van der Waals surface area contributed by atoms with Crippen molar-refractivity contribution in [3.8, 4) is 5.75 Å². The van der Waals surface area contributed by atoms with Crippen molar-refractivity contribution in [3.63, 3.8) is 0 Å². The topological polar surface area (TPSA) is 67.4 Å². The highest BCUT2D eigenvalue weighted by molar-refractivity contribution is 9.10. The molecule has 0 aromatic heterocycles. The van der Waals surface area contributed by atoms with Gasteiger partial charge in [0.05, 0.1) is 4.47 Å². The van der Waals surface area contributed by atoms with Crippen molar-refractivity contribution in [2.45, 2.75) is 26.2 Å². The van der Waals surface area contributed by atoms with E-state index in [0.717, 1.165) is 16.5 Å². The summed E-state index contributed by atoms with van der Waals surface area (Å²) in [7, 11) is 0. The van der Waals surface area contributed by atoms with Crippen molar-refractivity contribution in [1.82, 2.24) is 10.9 Å². The van der Waals surface area contributed by atoms with Crippen LogP contribution in [-0.4, -0.2) is 18.4 Å². The molecule has 25 heavy (non-hydrogen) atoms. The molecule has 0 bridgehead atoms. The van der Waals surface area contributed by atoms with Gasteiger partial charge in [0, 0.05) is 6.42 Å². The second-order valence-electron chi connectivity index (χ2n) is 5.49. The number of hydrogen-bond acceptors (Lipinski definition) is 3. The van der Waals surface area contributed by atoms with Crippen molar-refractivity contribution >= 4 is 27.7 Å². The van der Waals surface area contributed by atoms with Gasteiger partial charge >= 0.3 is 0 Å². The fourth-order valence-electron chi connectivity index (χ4n) is 2.17. The summed E-state index contributed by atoms with van der Waals surface area (Å²) in [6.07, 6.45) is 1.85. The van der Waals surface area contributed by atoms with Crippen LogP contribution >= 0.6 is 15.9 Å². The molecule has 0 saturated carbocycles. The summed E-state index contributed by atoms with van der Waals surface area (Å²) in [5, 5.41) is 0. The number of aryl methyl sites for hydroxylation is 2. The summed E-state index contributed by atoms with van der Waals surface area (Å²) in [5.74, 6) is -0.0760. The Labute approximate surface area is 155 Å². The second-order valence-corrected chi connectivity index (χ2v) is 6.34. The van der Waals surface area contributed by atoms with E-state index in [0.29, 0.717) is 18.6 Å². The van der Waals surface area contributed by atoms with Crippen LogP contribution in [0, 0.1) is 0 Å². The van der Waals surface area contributed by atoms with Crippen LogP contribution in [0.2, 0.25) is 0 Å². The molecule has 0 heterocycles. The number of halogens is 1. The minimum absolute atomic E-state index is 0.178. The highest BCUT2D eigenvalue weighted by atomic mass is 79.9. The van der Waals surface area contributed by atoms with Crippen LogP contribution in [0.3, 0.4) is 0 Å². The Morgan fingerprint density at radius 3 is 2.40 bits per heavy atom. The zero-order valence-corrected chi connectivity index (χ0v) is 15.6. The number of benzene rings is 2. The Morgan fingerprint density at radius 1 is 1.00 bits per heavy atom. The molecule has 0 unspecified atom stereocenters. The molecule has 2 rings (SSSR count). The molecule has 0 spiro atoms. The zero-order chi connectivity index (χ0) is 18.1. The standard InChI is InChI=1S/C19H21BrN2O3/c1-2-14-8-10-17(16(20)12-14)25-13-19(24)22-21-18(23)11-9-15-6-4-3-5-7-15/h3-8,10,12H,2,9,11,13H2,1H3,(H,21,23)(H,22,24). The summed E-state index contributed by atoms with van der Waals surface area (Å²) in [4.78, 5) is 23.5. The lowest BCUT2D eigenvalue weighted by Crippen LogP contribution is -2.43. The third-order valence-corrected chi connectivity index (χ3v) is 4.21. The monoisotopic (exact) mass is 404 g/mol. The minimum atomic E-state index is -0.417. The third-order valence-electron chi connectivity index (χ3n) is 3.59. The van der Waals surface area contributed by atoms with Gasteiger partial charge in [-0.15, -0.1) is 0 Å². The average Bonchev–Trinajstić information content (AvgIpc) is 2.64. The number of hydrazine groups is 1. The second kappa shape index (κ2) is 9.84. The van der Waals surface area contributed by atoms with Crippen LogP contribution in [0.15, 0.2) is 53.0 Å². The molecule has 2 N–H and O–H groups in total. The van der Waals surface area contributed by atoms with E-state index in [2.05, 4.69) is 33.7 Å². The van der Waals surface area contributed by atoms with E-state index in [9.17, 15) is 9.59 Å². The molecule has 0 fully saturated rings. The molecular formula is C19H21BrN2O3.